The van der Waals surface area contributed by atoms with E-state index in [-0.39, 0.29) is 5.78 Å². The minimum Gasteiger partial charge on any atom is -0.497 e. The number of urea groups is 1. The molecule has 8 nitrogen and oxygen atoms in total. The molecule has 0 saturated carbocycles. The summed E-state index contributed by atoms with van der Waals surface area (Å²) in [4.78, 5) is 43.3. The molecule has 1 aliphatic rings. The number of rotatable bonds is 8. The number of nitrogens with zero attached hydrogens (tertiary/aromatic N) is 1. The first kappa shape index (κ1) is 28.7. The minimum absolute atomic E-state index is 0.220. The maximum Gasteiger partial charge on any atom is 0.323 e. The van der Waals surface area contributed by atoms with Crippen molar-refractivity contribution in [2.75, 3.05) is 19.5 Å². The van der Waals surface area contributed by atoms with Crippen molar-refractivity contribution in [3.05, 3.63) is 125 Å². The number of carbonyl (C=O) groups is 3. The lowest BCUT2D eigenvalue weighted by atomic mass is 9.76. The molecule has 5 rings (SSSR count). The third-order valence-corrected chi connectivity index (χ3v) is 7.86. The molecular weight excluding hydrogens is 554 g/mol. The Morgan fingerprint density at radius 2 is 1.31 bits per heavy atom. The zero-order valence-electron chi connectivity index (χ0n) is 23.1. The maximum atomic E-state index is 14.4. The molecule has 1 fully saturated rings. The van der Waals surface area contributed by atoms with Gasteiger partial charge in [0.05, 0.1) is 26.2 Å². The number of Topliss-reactive ketones (excluding diaryl/α,β-unsaturated/α-hetero) is 1. The van der Waals surface area contributed by atoms with Gasteiger partial charge in [0.2, 0.25) is 5.91 Å². The highest BCUT2D eigenvalue weighted by atomic mass is 35.5. The van der Waals surface area contributed by atoms with Crippen molar-refractivity contribution in [1.29, 1.82) is 0 Å². The fourth-order valence-electron chi connectivity index (χ4n) is 5.69. The number of ether oxygens (including phenoxy) is 2. The molecular formula is C33H30ClN3O5. The Bertz CT molecular complexity index is 1560. The van der Waals surface area contributed by atoms with E-state index in [9.17, 15) is 14.4 Å². The summed E-state index contributed by atoms with van der Waals surface area (Å²) in [6, 6.07) is 27.1. The standard InChI is InChI=1S/C33H30ClN3O5/c1-41-25-16-10-21(11-17-25)29-28(31(38)22-6-4-3-5-7-22)27(20-8-12-23(34)13-9-20)30(32(35)39)37(29)33(40)36-24-14-18-26(42-2)19-15-24/h3-19,27-30H,1-2H3,(H2,35,39)(H,36,40). The average molecular weight is 584 g/mol. The van der Waals surface area contributed by atoms with Crippen LogP contribution in [0.5, 0.6) is 11.5 Å². The van der Waals surface area contributed by atoms with Gasteiger partial charge in [-0.25, -0.2) is 4.79 Å². The van der Waals surface area contributed by atoms with Crippen LogP contribution in [-0.2, 0) is 4.79 Å². The molecule has 214 valence electrons. The molecule has 4 aromatic rings. The number of benzene rings is 4. The zero-order valence-corrected chi connectivity index (χ0v) is 23.8. The molecule has 1 saturated heterocycles. The lowest BCUT2D eigenvalue weighted by Crippen LogP contribution is -2.48. The van der Waals surface area contributed by atoms with E-state index in [0.29, 0.717) is 38.9 Å². The quantitative estimate of drug-likeness (QED) is 0.244. The van der Waals surface area contributed by atoms with Crippen molar-refractivity contribution in [2.45, 2.75) is 18.0 Å². The van der Waals surface area contributed by atoms with E-state index >= 15 is 0 Å². The van der Waals surface area contributed by atoms with Crippen molar-refractivity contribution >= 4 is 35.0 Å². The zero-order chi connectivity index (χ0) is 29.8. The van der Waals surface area contributed by atoms with Crippen LogP contribution in [-0.4, -0.2) is 42.9 Å². The smallest absolute Gasteiger partial charge is 0.323 e. The molecule has 9 heteroatoms. The molecule has 0 spiro atoms. The third-order valence-electron chi connectivity index (χ3n) is 7.61. The number of likely N-dealkylation sites (tertiary alicyclic amines) is 1. The molecule has 0 bridgehead atoms. The Morgan fingerprint density at radius 3 is 1.86 bits per heavy atom. The van der Waals surface area contributed by atoms with Crippen molar-refractivity contribution in [2.24, 2.45) is 11.7 Å². The summed E-state index contributed by atoms with van der Waals surface area (Å²) < 4.78 is 10.6. The monoisotopic (exact) mass is 583 g/mol. The number of anilines is 1. The van der Waals surface area contributed by atoms with Gasteiger partial charge in [-0.1, -0.05) is 66.2 Å². The SMILES string of the molecule is COc1ccc(NC(=O)N2C(C(N)=O)C(c3ccc(Cl)cc3)C(C(=O)c3ccccc3)C2c2ccc(OC)cc2)cc1. The second-order valence-corrected chi connectivity index (χ2v) is 10.4. The van der Waals surface area contributed by atoms with Gasteiger partial charge in [0.15, 0.2) is 5.78 Å². The van der Waals surface area contributed by atoms with Gasteiger partial charge in [-0.15, -0.1) is 0 Å². The largest absolute Gasteiger partial charge is 0.497 e. The number of nitrogens with one attached hydrogen (secondary N) is 1. The highest BCUT2D eigenvalue weighted by Crippen LogP contribution is 2.51. The summed E-state index contributed by atoms with van der Waals surface area (Å²) in [5.74, 6) is -1.35. The molecule has 1 aliphatic heterocycles. The number of nitrogens with two attached hydrogens (primary N) is 1. The van der Waals surface area contributed by atoms with Gasteiger partial charge in [0.1, 0.15) is 17.5 Å². The Balaban J connectivity index is 1.69. The van der Waals surface area contributed by atoms with Crippen molar-refractivity contribution in [3.8, 4) is 11.5 Å². The van der Waals surface area contributed by atoms with Crippen LogP contribution in [0.4, 0.5) is 10.5 Å². The molecule has 0 aromatic heterocycles. The number of methoxy groups -OCH3 is 2. The molecule has 0 radical (unpaired) electrons. The first-order chi connectivity index (χ1) is 20.3. The van der Waals surface area contributed by atoms with E-state index in [4.69, 9.17) is 26.8 Å². The summed E-state index contributed by atoms with van der Waals surface area (Å²) in [6.45, 7) is 0. The molecule has 1 heterocycles. The van der Waals surface area contributed by atoms with Crippen LogP contribution < -0.4 is 20.5 Å². The number of amides is 3. The van der Waals surface area contributed by atoms with E-state index in [1.807, 2.05) is 6.07 Å². The normalized spacial score (nSPS) is 19.6. The average Bonchev–Trinajstić information content (AvgIpc) is 3.38. The molecule has 4 unspecified atom stereocenters. The van der Waals surface area contributed by atoms with E-state index in [2.05, 4.69) is 5.32 Å². The molecule has 3 N–H and O–H groups in total. The number of hydrogen-bond acceptors (Lipinski definition) is 5. The van der Waals surface area contributed by atoms with Crippen LogP contribution in [0.2, 0.25) is 5.02 Å². The van der Waals surface area contributed by atoms with Gasteiger partial charge in [-0.3, -0.25) is 9.59 Å². The molecule has 4 aromatic carbocycles. The van der Waals surface area contributed by atoms with Gasteiger partial charge in [0.25, 0.3) is 0 Å². The predicted octanol–water partition coefficient (Wildman–Crippen LogP) is 6.08. The van der Waals surface area contributed by atoms with Gasteiger partial charge in [-0.2, -0.15) is 0 Å². The lowest BCUT2D eigenvalue weighted by molar-refractivity contribution is -0.122. The topological polar surface area (TPSA) is 111 Å². The summed E-state index contributed by atoms with van der Waals surface area (Å²) >= 11 is 6.20. The van der Waals surface area contributed by atoms with Crippen molar-refractivity contribution < 1.29 is 23.9 Å². The first-order valence-electron chi connectivity index (χ1n) is 13.3. The number of hydrogen-bond donors (Lipinski definition) is 2. The van der Waals surface area contributed by atoms with Crippen molar-refractivity contribution in [1.82, 2.24) is 4.90 Å². The van der Waals surface area contributed by atoms with Gasteiger partial charge >= 0.3 is 6.03 Å². The minimum atomic E-state index is -1.16. The number of carbonyl (C=O) groups excluding carboxylic acids is 3. The fourth-order valence-corrected chi connectivity index (χ4v) is 5.81. The molecule has 42 heavy (non-hydrogen) atoms. The van der Waals surface area contributed by atoms with Crippen LogP contribution in [0.25, 0.3) is 0 Å². The second-order valence-electron chi connectivity index (χ2n) is 9.96. The lowest BCUT2D eigenvalue weighted by Gasteiger charge is -2.31. The maximum absolute atomic E-state index is 14.4. The summed E-state index contributed by atoms with van der Waals surface area (Å²) in [6.07, 6.45) is 0. The predicted molar refractivity (Wildman–Crippen MR) is 161 cm³/mol. The van der Waals surface area contributed by atoms with Gasteiger partial charge < -0.3 is 25.4 Å². The molecule has 0 aliphatic carbocycles. The van der Waals surface area contributed by atoms with E-state index in [0.717, 1.165) is 0 Å². The fraction of sp³-hybridized carbons (Fsp3) is 0.182. The third kappa shape index (κ3) is 5.66. The summed E-state index contributed by atoms with van der Waals surface area (Å²) in [7, 11) is 3.11. The number of ketones is 1. The van der Waals surface area contributed by atoms with Crippen LogP contribution >= 0.6 is 11.6 Å². The van der Waals surface area contributed by atoms with Crippen LogP contribution in [0, 0.1) is 5.92 Å². The Kier molecular flexibility index (Phi) is 8.45. The molecule has 3 amide bonds. The van der Waals surface area contributed by atoms with Crippen LogP contribution in [0.1, 0.15) is 33.4 Å². The number of halogens is 1. The Labute approximate surface area is 249 Å². The van der Waals surface area contributed by atoms with Crippen LogP contribution in [0.15, 0.2) is 103 Å². The molecule has 4 atom stereocenters. The van der Waals surface area contributed by atoms with E-state index in [1.54, 1.807) is 111 Å². The second kappa shape index (κ2) is 12.4. The number of primary amides is 1. The van der Waals surface area contributed by atoms with E-state index in [1.165, 1.54) is 4.90 Å². The highest BCUT2D eigenvalue weighted by Gasteiger charge is 2.57. The van der Waals surface area contributed by atoms with Gasteiger partial charge in [0, 0.05) is 22.2 Å². The van der Waals surface area contributed by atoms with E-state index < -0.39 is 35.9 Å². The van der Waals surface area contributed by atoms with Crippen molar-refractivity contribution in [3.63, 3.8) is 0 Å². The Morgan fingerprint density at radius 1 is 0.762 bits per heavy atom. The first-order valence-corrected chi connectivity index (χ1v) is 13.7. The summed E-state index contributed by atoms with van der Waals surface area (Å²) in [5.41, 5.74) is 8.32. The summed E-state index contributed by atoms with van der Waals surface area (Å²) in [5, 5.41) is 3.39. The van der Waals surface area contributed by atoms with Crippen LogP contribution in [0.3, 0.4) is 0 Å². The van der Waals surface area contributed by atoms with Gasteiger partial charge in [-0.05, 0) is 59.7 Å². The highest BCUT2D eigenvalue weighted by molar-refractivity contribution is 6.30. The Hall–Kier alpha value is -4.82.